The molecule has 0 saturated heterocycles. The first-order valence-corrected chi connectivity index (χ1v) is 6.38. The molecule has 0 bridgehead atoms. The molecule has 1 heterocycles. The van der Waals surface area contributed by atoms with Crippen LogP contribution in [0, 0.1) is 0 Å². The molecule has 0 aliphatic rings. The highest BCUT2D eigenvalue weighted by Gasteiger charge is 2.04. The van der Waals surface area contributed by atoms with Gasteiger partial charge in [0, 0.05) is 6.07 Å². The number of benzene rings is 2. The summed E-state index contributed by atoms with van der Waals surface area (Å²) in [6, 6.07) is 21.3. The molecular weight excluding hydrogens is 252 g/mol. The normalized spacial score (nSPS) is 10.4. The summed E-state index contributed by atoms with van der Waals surface area (Å²) in [5.74, 6) is 1.56. The molecule has 0 aliphatic carbocycles. The van der Waals surface area contributed by atoms with Crippen molar-refractivity contribution in [3.63, 3.8) is 0 Å². The van der Waals surface area contributed by atoms with Gasteiger partial charge < -0.3 is 14.3 Å². The fraction of sp³-hybridized carbons (Fsp3) is 0.0588. The Morgan fingerprint density at radius 3 is 2.15 bits per heavy atom. The predicted octanol–water partition coefficient (Wildman–Crippen LogP) is 4.23. The SMILES string of the molecule is OCc1ccc(Oc2ccc(-c3ccccc3)cc2)o1. The number of hydrogen-bond donors (Lipinski definition) is 1. The molecule has 3 aromatic rings. The first-order chi connectivity index (χ1) is 9.85. The highest BCUT2D eigenvalue weighted by molar-refractivity contribution is 5.63. The predicted molar refractivity (Wildman–Crippen MR) is 76.6 cm³/mol. The topological polar surface area (TPSA) is 42.6 Å². The zero-order chi connectivity index (χ0) is 13.8. The number of furan rings is 1. The zero-order valence-corrected chi connectivity index (χ0v) is 10.8. The standard InChI is InChI=1S/C17H14O3/c18-12-16-10-11-17(20-16)19-15-8-6-14(7-9-15)13-4-2-1-3-5-13/h1-11,18H,12H2. The van der Waals surface area contributed by atoms with E-state index in [1.807, 2.05) is 42.5 Å². The lowest BCUT2D eigenvalue weighted by molar-refractivity contribution is 0.231. The summed E-state index contributed by atoms with van der Waals surface area (Å²) in [4.78, 5) is 0. The van der Waals surface area contributed by atoms with Crippen LogP contribution < -0.4 is 4.74 Å². The third-order valence-corrected chi connectivity index (χ3v) is 2.97. The van der Waals surface area contributed by atoms with E-state index in [0.717, 1.165) is 5.56 Å². The first kappa shape index (κ1) is 12.5. The lowest BCUT2D eigenvalue weighted by atomic mass is 10.1. The third kappa shape index (κ3) is 2.73. The average Bonchev–Trinajstić information content (AvgIpc) is 2.97. The largest absolute Gasteiger partial charge is 0.428 e. The maximum Gasteiger partial charge on any atom is 0.290 e. The van der Waals surface area contributed by atoms with Crippen molar-refractivity contribution in [2.45, 2.75) is 6.61 Å². The number of ether oxygens (including phenoxy) is 1. The van der Waals surface area contributed by atoms with Gasteiger partial charge in [0.15, 0.2) is 0 Å². The van der Waals surface area contributed by atoms with Crippen LogP contribution in [0.15, 0.2) is 71.1 Å². The molecule has 1 aromatic heterocycles. The van der Waals surface area contributed by atoms with Crippen LogP contribution in [-0.4, -0.2) is 5.11 Å². The van der Waals surface area contributed by atoms with Gasteiger partial charge in [-0.3, -0.25) is 0 Å². The monoisotopic (exact) mass is 266 g/mol. The summed E-state index contributed by atoms with van der Waals surface area (Å²) in [6.07, 6.45) is 0. The molecule has 0 fully saturated rings. The van der Waals surface area contributed by atoms with Gasteiger partial charge >= 0.3 is 0 Å². The second kappa shape index (κ2) is 5.63. The van der Waals surface area contributed by atoms with Crippen molar-refractivity contribution >= 4 is 0 Å². The van der Waals surface area contributed by atoms with Crippen molar-refractivity contribution in [3.8, 4) is 22.8 Å². The average molecular weight is 266 g/mol. The van der Waals surface area contributed by atoms with Gasteiger partial charge in [0.05, 0.1) is 0 Å². The Bertz CT molecular complexity index is 669. The van der Waals surface area contributed by atoms with Gasteiger partial charge in [-0.1, -0.05) is 42.5 Å². The van der Waals surface area contributed by atoms with E-state index in [0.29, 0.717) is 17.5 Å². The number of aliphatic hydroxyl groups excluding tert-OH is 1. The van der Waals surface area contributed by atoms with Crippen LogP contribution in [0.3, 0.4) is 0 Å². The molecule has 0 saturated carbocycles. The minimum absolute atomic E-state index is 0.129. The number of aliphatic hydroxyl groups is 1. The molecule has 0 amide bonds. The smallest absolute Gasteiger partial charge is 0.290 e. The molecule has 2 aromatic carbocycles. The highest BCUT2D eigenvalue weighted by Crippen LogP contribution is 2.26. The summed E-state index contributed by atoms with van der Waals surface area (Å²) in [5, 5.41) is 8.93. The molecule has 0 spiro atoms. The Morgan fingerprint density at radius 2 is 1.50 bits per heavy atom. The van der Waals surface area contributed by atoms with Gasteiger partial charge in [-0.05, 0) is 29.3 Å². The number of rotatable bonds is 4. The highest BCUT2D eigenvalue weighted by atomic mass is 16.6. The molecule has 0 atom stereocenters. The molecular formula is C17H14O3. The summed E-state index contributed by atoms with van der Waals surface area (Å²) >= 11 is 0. The van der Waals surface area contributed by atoms with E-state index < -0.39 is 0 Å². The Labute approximate surface area is 117 Å². The Kier molecular flexibility index (Phi) is 3.52. The molecule has 20 heavy (non-hydrogen) atoms. The molecule has 0 aliphatic heterocycles. The van der Waals surface area contributed by atoms with E-state index in [1.165, 1.54) is 5.56 Å². The molecule has 3 rings (SSSR count). The van der Waals surface area contributed by atoms with Crippen molar-refractivity contribution in [2.75, 3.05) is 0 Å². The van der Waals surface area contributed by atoms with E-state index in [2.05, 4.69) is 12.1 Å². The van der Waals surface area contributed by atoms with Crippen molar-refractivity contribution in [1.29, 1.82) is 0 Å². The lowest BCUT2D eigenvalue weighted by Gasteiger charge is -2.04. The maximum absolute atomic E-state index is 8.93. The van der Waals surface area contributed by atoms with Gasteiger partial charge in [0.2, 0.25) is 0 Å². The minimum atomic E-state index is -0.129. The van der Waals surface area contributed by atoms with Crippen LogP contribution in [0.25, 0.3) is 11.1 Å². The summed E-state index contributed by atoms with van der Waals surface area (Å²) in [7, 11) is 0. The van der Waals surface area contributed by atoms with Crippen molar-refractivity contribution in [1.82, 2.24) is 0 Å². The molecule has 1 N–H and O–H groups in total. The fourth-order valence-corrected chi connectivity index (χ4v) is 1.96. The van der Waals surface area contributed by atoms with Crippen molar-refractivity contribution in [3.05, 3.63) is 72.5 Å². The Balaban J connectivity index is 1.76. The zero-order valence-electron chi connectivity index (χ0n) is 10.8. The molecule has 0 unspecified atom stereocenters. The van der Waals surface area contributed by atoms with E-state index in [1.54, 1.807) is 12.1 Å². The first-order valence-electron chi connectivity index (χ1n) is 6.38. The van der Waals surface area contributed by atoms with Crippen LogP contribution in [0.1, 0.15) is 5.76 Å². The van der Waals surface area contributed by atoms with Gasteiger partial charge in [0.25, 0.3) is 5.95 Å². The fourth-order valence-electron chi connectivity index (χ4n) is 1.96. The van der Waals surface area contributed by atoms with Crippen LogP contribution in [0.5, 0.6) is 11.7 Å². The Morgan fingerprint density at radius 1 is 0.800 bits per heavy atom. The van der Waals surface area contributed by atoms with Crippen LogP contribution in [0.2, 0.25) is 0 Å². The third-order valence-electron chi connectivity index (χ3n) is 2.97. The van der Waals surface area contributed by atoms with Crippen molar-refractivity contribution < 1.29 is 14.3 Å². The van der Waals surface area contributed by atoms with Gasteiger partial charge in [0.1, 0.15) is 18.1 Å². The molecule has 100 valence electrons. The van der Waals surface area contributed by atoms with E-state index in [-0.39, 0.29) is 6.61 Å². The minimum Gasteiger partial charge on any atom is -0.428 e. The van der Waals surface area contributed by atoms with E-state index >= 15 is 0 Å². The second-order valence-electron chi connectivity index (χ2n) is 4.37. The molecule has 3 heteroatoms. The van der Waals surface area contributed by atoms with Crippen LogP contribution >= 0.6 is 0 Å². The molecule has 3 nitrogen and oxygen atoms in total. The van der Waals surface area contributed by atoms with Crippen molar-refractivity contribution in [2.24, 2.45) is 0 Å². The summed E-state index contributed by atoms with van der Waals surface area (Å²) in [5.41, 5.74) is 2.30. The maximum atomic E-state index is 8.93. The van der Waals surface area contributed by atoms with Gasteiger partial charge in [-0.25, -0.2) is 0 Å². The quantitative estimate of drug-likeness (QED) is 0.768. The Hall–Kier alpha value is -2.52. The van der Waals surface area contributed by atoms with Gasteiger partial charge in [-0.2, -0.15) is 0 Å². The van der Waals surface area contributed by atoms with E-state index in [4.69, 9.17) is 14.3 Å². The summed E-state index contributed by atoms with van der Waals surface area (Å²) in [6.45, 7) is -0.129. The molecule has 0 radical (unpaired) electrons. The lowest BCUT2D eigenvalue weighted by Crippen LogP contribution is -1.83. The van der Waals surface area contributed by atoms with Crippen LogP contribution in [-0.2, 0) is 6.61 Å². The van der Waals surface area contributed by atoms with E-state index in [9.17, 15) is 0 Å². The van der Waals surface area contributed by atoms with Gasteiger partial charge in [-0.15, -0.1) is 0 Å². The van der Waals surface area contributed by atoms with Crippen LogP contribution in [0.4, 0.5) is 0 Å². The summed E-state index contributed by atoms with van der Waals surface area (Å²) < 4.78 is 10.9. The number of hydrogen-bond acceptors (Lipinski definition) is 3. The second-order valence-corrected chi connectivity index (χ2v) is 4.37.